The Hall–Kier alpha value is -0.990. The molecule has 1 aromatic carbocycles. The number of benzene rings is 1. The van der Waals surface area contributed by atoms with Gasteiger partial charge in [-0.05, 0) is 43.7 Å². The van der Waals surface area contributed by atoms with Gasteiger partial charge in [0, 0.05) is 18.5 Å². The quantitative estimate of drug-likeness (QED) is 0.752. The van der Waals surface area contributed by atoms with Crippen LogP contribution in [0.4, 0.5) is 0 Å². The van der Waals surface area contributed by atoms with Gasteiger partial charge >= 0.3 is 0 Å². The van der Waals surface area contributed by atoms with Crippen molar-refractivity contribution in [3.63, 3.8) is 0 Å². The van der Waals surface area contributed by atoms with E-state index in [2.05, 4.69) is 36.3 Å². The number of rotatable bonds is 5. The Bertz CT molecular complexity index is 590. The number of halogens is 2. The normalized spacial score (nSPS) is 12.7. The first kappa shape index (κ1) is 15.4. The highest BCUT2D eigenvalue weighted by Crippen LogP contribution is 2.25. The van der Waals surface area contributed by atoms with E-state index >= 15 is 0 Å². The minimum absolute atomic E-state index is 0.373. The van der Waals surface area contributed by atoms with E-state index in [-0.39, 0.29) is 0 Å². The largest absolute Gasteiger partial charge is 0.257 e. The summed E-state index contributed by atoms with van der Waals surface area (Å²) in [5.74, 6) is 0.997. The highest BCUT2D eigenvalue weighted by Gasteiger charge is 2.17. The summed E-state index contributed by atoms with van der Waals surface area (Å²) in [6, 6.07) is 8.46. The van der Waals surface area contributed by atoms with Crippen LogP contribution in [-0.2, 0) is 19.9 Å². The van der Waals surface area contributed by atoms with E-state index in [0.29, 0.717) is 11.8 Å². The molecule has 2 rings (SSSR count). The monoisotopic (exact) mass is 310 g/mol. The average Bonchev–Trinajstić information content (AvgIpc) is 2.66. The number of aromatic nitrogens is 2. The molecule has 2 nitrogen and oxygen atoms in total. The molecule has 4 heteroatoms. The van der Waals surface area contributed by atoms with E-state index < -0.39 is 0 Å². The summed E-state index contributed by atoms with van der Waals surface area (Å²) in [5.41, 5.74) is 4.79. The second-order valence-corrected chi connectivity index (χ2v) is 6.00. The van der Waals surface area contributed by atoms with Crippen LogP contribution in [0.15, 0.2) is 24.3 Å². The maximum absolute atomic E-state index is 6.31. The number of hydrogen-bond acceptors (Lipinski definition) is 1. The molecule has 2 aromatic rings. The van der Waals surface area contributed by atoms with Gasteiger partial charge in [0.05, 0.1) is 5.69 Å². The zero-order chi connectivity index (χ0) is 14.7. The first-order valence-electron chi connectivity index (χ1n) is 6.81. The lowest BCUT2D eigenvalue weighted by Gasteiger charge is -2.15. The Kier molecular flexibility index (Phi) is 5.11. The van der Waals surface area contributed by atoms with Crippen molar-refractivity contribution in [3.8, 4) is 0 Å². The van der Waals surface area contributed by atoms with Crippen LogP contribution in [0.25, 0.3) is 0 Å². The Morgan fingerprint density at radius 1 is 1.20 bits per heavy atom. The molecule has 1 atom stereocenters. The van der Waals surface area contributed by atoms with E-state index in [1.54, 1.807) is 4.68 Å². The van der Waals surface area contributed by atoms with Crippen molar-refractivity contribution in [2.75, 3.05) is 5.88 Å². The fourth-order valence-corrected chi connectivity index (χ4v) is 3.00. The third-order valence-electron chi connectivity index (χ3n) is 3.75. The van der Waals surface area contributed by atoms with Crippen molar-refractivity contribution in [1.82, 2.24) is 9.78 Å². The Morgan fingerprint density at radius 2 is 1.90 bits per heavy atom. The van der Waals surface area contributed by atoms with Gasteiger partial charge in [0.15, 0.2) is 0 Å². The summed E-state index contributed by atoms with van der Waals surface area (Å²) in [6.07, 6.45) is 1.84. The first-order chi connectivity index (χ1) is 9.52. The summed E-state index contributed by atoms with van der Waals surface area (Å²) in [6.45, 7) is 4.14. The molecule has 0 aliphatic carbocycles. The number of nitrogens with zero attached hydrogens (tertiary/aromatic N) is 2. The summed E-state index contributed by atoms with van der Waals surface area (Å²) < 4.78 is 1.73. The van der Waals surface area contributed by atoms with Gasteiger partial charge in [0.2, 0.25) is 0 Å². The van der Waals surface area contributed by atoms with Crippen LogP contribution in [0, 0.1) is 19.8 Å². The van der Waals surface area contributed by atoms with E-state index in [0.717, 1.165) is 29.3 Å². The fraction of sp³-hybridized carbons (Fsp3) is 0.438. The molecule has 0 saturated carbocycles. The minimum atomic E-state index is 0.373. The van der Waals surface area contributed by atoms with Crippen LogP contribution in [-0.4, -0.2) is 15.7 Å². The van der Waals surface area contributed by atoms with Gasteiger partial charge in [-0.2, -0.15) is 5.10 Å². The molecule has 0 spiro atoms. The second kappa shape index (κ2) is 6.64. The maximum Gasteiger partial charge on any atom is 0.130 e. The highest BCUT2D eigenvalue weighted by molar-refractivity contribution is 6.30. The second-order valence-electron chi connectivity index (χ2n) is 5.33. The molecule has 1 aromatic heterocycles. The van der Waals surface area contributed by atoms with Gasteiger partial charge in [-0.3, -0.25) is 4.68 Å². The van der Waals surface area contributed by atoms with Crippen LogP contribution in [0.1, 0.15) is 22.4 Å². The van der Waals surface area contributed by atoms with Crippen LogP contribution in [0.3, 0.4) is 0 Å². The van der Waals surface area contributed by atoms with Crippen molar-refractivity contribution in [1.29, 1.82) is 0 Å². The summed E-state index contributed by atoms with van der Waals surface area (Å²) in [5, 5.41) is 5.09. The predicted molar refractivity (Wildman–Crippen MR) is 85.8 cm³/mol. The van der Waals surface area contributed by atoms with Crippen molar-refractivity contribution >= 4 is 23.2 Å². The van der Waals surface area contributed by atoms with Crippen molar-refractivity contribution in [2.45, 2.75) is 26.7 Å². The van der Waals surface area contributed by atoms with Crippen molar-refractivity contribution < 1.29 is 0 Å². The molecular weight excluding hydrogens is 291 g/mol. The van der Waals surface area contributed by atoms with Crippen molar-refractivity contribution in [2.24, 2.45) is 13.0 Å². The molecule has 0 aliphatic rings. The number of alkyl halides is 1. The van der Waals surface area contributed by atoms with Crippen LogP contribution in [0.5, 0.6) is 0 Å². The lowest BCUT2D eigenvalue weighted by molar-refractivity contribution is 0.580. The molecule has 0 radical (unpaired) electrons. The molecule has 0 aliphatic heterocycles. The zero-order valence-corrected chi connectivity index (χ0v) is 13.7. The van der Waals surface area contributed by atoms with E-state index in [1.807, 2.05) is 14.0 Å². The molecule has 0 bridgehead atoms. The zero-order valence-electron chi connectivity index (χ0n) is 12.2. The highest BCUT2D eigenvalue weighted by atomic mass is 35.5. The third-order valence-corrected chi connectivity index (χ3v) is 4.66. The molecule has 1 unspecified atom stereocenters. The van der Waals surface area contributed by atoms with Crippen LogP contribution >= 0.6 is 23.2 Å². The lowest BCUT2D eigenvalue weighted by Crippen LogP contribution is -2.11. The third kappa shape index (κ3) is 3.36. The summed E-state index contributed by atoms with van der Waals surface area (Å²) in [4.78, 5) is 0. The van der Waals surface area contributed by atoms with Gasteiger partial charge in [-0.25, -0.2) is 0 Å². The van der Waals surface area contributed by atoms with Crippen LogP contribution < -0.4 is 0 Å². The Balaban J connectivity index is 2.15. The van der Waals surface area contributed by atoms with Gasteiger partial charge in [0.25, 0.3) is 0 Å². The van der Waals surface area contributed by atoms with Gasteiger partial charge in [-0.15, -0.1) is 11.6 Å². The van der Waals surface area contributed by atoms with E-state index in [9.17, 15) is 0 Å². The Morgan fingerprint density at radius 3 is 2.45 bits per heavy atom. The lowest BCUT2D eigenvalue weighted by atomic mass is 9.92. The van der Waals surface area contributed by atoms with Gasteiger partial charge in [-0.1, -0.05) is 35.9 Å². The molecule has 0 amide bonds. The molecule has 20 heavy (non-hydrogen) atoms. The first-order valence-corrected chi connectivity index (χ1v) is 7.72. The topological polar surface area (TPSA) is 17.8 Å². The Labute approximate surface area is 130 Å². The number of aryl methyl sites for hydroxylation is 3. The molecule has 0 fully saturated rings. The maximum atomic E-state index is 6.31. The molecule has 1 heterocycles. The minimum Gasteiger partial charge on any atom is -0.257 e. The molecule has 0 saturated heterocycles. The smallest absolute Gasteiger partial charge is 0.130 e. The van der Waals surface area contributed by atoms with Gasteiger partial charge in [0.1, 0.15) is 5.15 Å². The van der Waals surface area contributed by atoms with E-state index in [4.69, 9.17) is 23.2 Å². The van der Waals surface area contributed by atoms with Crippen LogP contribution in [0.2, 0.25) is 5.15 Å². The van der Waals surface area contributed by atoms with Crippen molar-refractivity contribution in [3.05, 3.63) is 51.8 Å². The average molecular weight is 311 g/mol. The van der Waals surface area contributed by atoms with Gasteiger partial charge < -0.3 is 0 Å². The standard InChI is InChI=1S/C16H20Cl2N2/c1-11-6-4-5-7-14(11)8-13(10-17)9-15-12(2)19-20(3)16(15)18/h4-7,13H,8-10H2,1-3H3. The predicted octanol–water partition coefficient (Wildman–Crippen LogP) is 4.33. The fourth-order valence-electron chi connectivity index (χ4n) is 2.53. The number of hydrogen-bond donors (Lipinski definition) is 0. The SMILES string of the molecule is Cc1ccccc1CC(CCl)Cc1c(C)nn(C)c1Cl. The summed E-state index contributed by atoms with van der Waals surface area (Å²) >= 11 is 12.5. The molecule has 0 N–H and O–H groups in total. The molecular formula is C16H20Cl2N2. The molecule has 108 valence electrons. The summed E-state index contributed by atoms with van der Waals surface area (Å²) in [7, 11) is 1.87. The van der Waals surface area contributed by atoms with E-state index in [1.165, 1.54) is 11.1 Å².